The summed E-state index contributed by atoms with van der Waals surface area (Å²) in [6.45, 7) is 4.79. The number of rotatable bonds is 4. The van der Waals surface area contributed by atoms with E-state index >= 15 is 0 Å². The predicted molar refractivity (Wildman–Crippen MR) is 84.0 cm³/mol. The van der Waals surface area contributed by atoms with Crippen molar-refractivity contribution in [1.82, 2.24) is 4.81 Å². The largest absolute Gasteiger partial charge is 0.508 e. The maximum Gasteiger partial charge on any atom is 0.293 e. The Bertz CT molecular complexity index is 315. The van der Waals surface area contributed by atoms with Gasteiger partial charge in [0.1, 0.15) is 5.75 Å². The lowest BCUT2D eigenvalue weighted by Crippen LogP contribution is -2.19. The molecule has 0 aliphatic heterocycles. The molecule has 0 aliphatic rings. The predicted octanol–water partition coefficient (Wildman–Crippen LogP) is 3.57. The van der Waals surface area contributed by atoms with Crippen LogP contribution in [0.5, 0.6) is 5.75 Å². The first-order valence-corrected chi connectivity index (χ1v) is 10.8. The molecule has 0 atom stereocenters. The molecule has 0 saturated carbocycles. The normalized spacial score (nSPS) is 10.1. The summed E-state index contributed by atoms with van der Waals surface area (Å²) < 4.78 is 6.93. The highest BCUT2D eigenvalue weighted by atomic mass is 128. The van der Waals surface area contributed by atoms with Crippen LogP contribution in [-0.2, 0) is 6.54 Å². The van der Waals surface area contributed by atoms with Crippen molar-refractivity contribution in [3.63, 3.8) is 0 Å². The van der Waals surface area contributed by atoms with Crippen LogP contribution in [0.1, 0.15) is 11.1 Å². The van der Waals surface area contributed by atoms with Gasteiger partial charge in [-0.1, -0.05) is 24.5 Å². The van der Waals surface area contributed by atoms with E-state index in [0.717, 1.165) is 12.1 Å². The molecular formula is C10H15BI2NO. The van der Waals surface area contributed by atoms with Crippen molar-refractivity contribution in [3.05, 3.63) is 29.3 Å². The van der Waals surface area contributed by atoms with Gasteiger partial charge in [0.2, 0.25) is 7.41 Å². The quantitative estimate of drug-likeness (QED) is 0.583. The lowest BCUT2D eigenvalue weighted by atomic mass is 9.96. The SMILES string of the molecule is II.[2H]Oc1ccc(C)cc1CN(C)[B]C. The Morgan fingerprint density at radius 2 is 2.20 bits per heavy atom. The second-order valence-electron chi connectivity index (χ2n) is 3.28. The first-order valence-electron chi connectivity index (χ1n) is 4.95. The van der Waals surface area contributed by atoms with Crippen molar-refractivity contribution in [1.29, 1.82) is 1.43 Å². The number of nitrogens with zero attached hydrogens (tertiary/aromatic N) is 1. The lowest BCUT2D eigenvalue weighted by Gasteiger charge is -2.14. The standard InChI is InChI=1S/C10H15BNO.I2/c1-8-4-5-10(13)9(6-8)7-12(3)11-2;1-2/h4-6,13H,7H2,1-3H3;/i/hD. The van der Waals surface area contributed by atoms with Crippen LogP contribution in [0.4, 0.5) is 0 Å². The van der Waals surface area contributed by atoms with Gasteiger partial charge < -0.3 is 9.92 Å². The third-order valence-corrected chi connectivity index (χ3v) is 2.08. The summed E-state index contributed by atoms with van der Waals surface area (Å²) in [6.07, 6.45) is 0. The van der Waals surface area contributed by atoms with Gasteiger partial charge in [0, 0.05) is 49.3 Å². The molecule has 0 fully saturated rings. The van der Waals surface area contributed by atoms with Crippen LogP contribution in [0.2, 0.25) is 6.82 Å². The molecular weight excluding hydrogens is 415 g/mol. The van der Waals surface area contributed by atoms with Crippen molar-refractivity contribution in [3.8, 4) is 5.75 Å². The fourth-order valence-electron chi connectivity index (χ4n) is 1.19. The molecule has 0 aliphatic carbocycles. The third kappa shape index (κ3) is 5.96. The molecule has 0 aromatic heterocycles. The minimum absolute atomic E-state index is 0.629. The fraction of sp³-hybridized carbons (Fsp3) is 0.400. The molecule has 0 heterocycles. The smallest absolute Gasteiger partial charge is 0.293 e. The molecule has 83 valence electrons. The Hall–Kier alpha value is 0.505. The second kappa shape index (κ2) is 8.63. The molecule has 0 unspecified atom stereocenters. The maximum atomic E-state index is 6.93. The molecule has 0 saturated heterocycles. The number of benzene rings is 1. The highest BCUT2D eigenvalue weighted by molar-refractivity contribution is 15.0. The van der Waals surface area contributed by atoms with Crippen molar-refractivity contribution in [2.75, 3.05) is 7.05 Å². The molecule has 1 aromatic carbocycles. The average Bonchev–Trinajstić information content (AvgIpc) is 2.32. The summed E-state index contributed by atoms with van der Waals surface area (Å²) in [5.74, 6) is 0.629. The van der Waals surface area contributed by atoms with E-state index in [1.54, 1.807) is 0 Å². The zero-order valence-electron chi connectivity index (χ0n) is 10.1. The van der Waals surface area contributed by atoms with Crippen LogP contribution in [-0.4, -0.2) is 25.8 Å². The van der Waals surface area contributed by atoms with E-state index in [2.05, 4.69) is 47.2 Å². The van der Waals surface area contributed by atoms with Gasteiger partial charge in [-0.3, -0.25) is 0 Å². The molecule has 0 bridgehead atoms. The fourth-order valence-corrected chi connectivity index (χ4v) is 1.19. The summed E-state index contributed by atoms with van der Waals surface area (Å²) in [6, 6.07) is 5.83. The topological polar surface area (TPSA) is 23.5 Å². The van der Waals surface area contributed by atoms with Crippen LogP contribution in [0.15, 0.2) is 18.2 Å². The van der Waals surface area contributed by atoms with Gasteiger partial charge in [-0.15, -0.1) is 0 Å². The zero-order chi connectivity index (χ0) is 12.6. The molecule has 1 aromatic rings. The number of aryl methyl sites for hydroxylation is 1. The Balaban J connectivity index is 0.00000106. The van der Waals surface area contributed by atoms with E-state index in [1.165, 1.54) is 5.56 Å². The van der Waals surface area contributed by atoms with E-state index in [4.69, 9.17) is 1.43 Å². The summed E-state index contributed by atoms with van der Waals surface area (Å²) in [4.78, 5) is 2.05. The highest BCUT2D eigenvalue weighted by Gasteiger charge is 2.03. The Kier molecular flexibility index (Phi) is 7.81. The average molecular weight is 431 g/mol. The first kappa shape index (κ1) is 13.6. The zero-order valence-corrected chi connectivity index (χ0v) is 13.4. The van der Waals surface area contributed by atoms with Gasteiger partial charge in [-0.05, 0) is 20.0 Å². The minimum Gasteiger partial charge on any atom is -0.508 e. The van der Waals surface area contributed by atoms with E-state index < -0.39 is 0 Å². The summed E-state index contributed by atoms with van der Waals surface area (Å²) in [5, 5.41) is 4.56. The lowest BCUT2D eigenvalue weighted by molar-refractivity contribution is 0.449. The van der Waals surface area contributed by atoms with Crippen LogP contribution in [0, 0.1) is 6.92 Å². The van der Waals surface area contributed by atoms with E-state index in [1.807, 2.05) is 46.4 Å². The summed E-state index contributed by atoms with van der Waals surface area (Å²) in [7, 11) is 3.99. The van der Waals surface area contributed by atoms with Crippen molar-refractivity contribution in [2.45, 2.75) is 20.3 Å². The number of phenolic OH excluding ortho intramolecular Hbond substituents is 1. The van der Waals surface area contributed by atoms with E-state index in [0.29, 0.717) is 5.75 Å². The van der Waals surface area contributed by atoms with Crippen LogP contribution >= 0.6 is 37.2 Å². The first-order chi connectivity index (χ1) is 7.67. The van der Waals surface area contributed by atoms with Gasteiger partial charge in [-0.25, -0.2) is 0 Å². The maximum absolute atomic E-state index is 6.93. The van der Waals surface area contributed by atoms with Gasteiger partial charge >= 0.3 is 0 Å². The number of hydrogen-bond donors (Lipinski definition) is 1. The van der Waals surface area contributed by atoms with Gasteiger partial charge in [-0.2, -0.15) is 0 Å². The van der Waals surface area contributed by atoms with Gasteiger partial charge in [0.15, 0.2) is 0 Å². The monoisotopic (exact) mass is 431 g/mol. The van der Waals surface area contributed by atoms with Gasteiger partial charge in [0.05, 0.1) is 0 Å². The van der Waals surface area contributed by atoms with Crippen LogP contribution in [0.25, 0.3) is 0 Å². The number of phenols is 1. The van der Waals surface area contributed by atoms with Crippen molar-refractivity contribution in [2.24, 2.45) is 0 Å². The second-order valence-corrected chi connectivity index (χ2v) is 3.28. The summed E-state index contributed by atoms with van der Waals surface area (Å²) in [5.41, 5.74) is 2.23. The Morgan fingerprint density at radius 3 is 2.73 bits per heavy atom. The molecule has 1 radical (unpaired) electrons. The van der Waals surface area contributed by atoms with Crippen molar-refractivity contribution >= 4 is 44.6 Å². The Labute approximate surface area is 118 Å². The molecule has 15 heavy (non-hydrogen) atoms. The third-order valence-electron chi connectivity index (χ3n) is 2.08. The highest BCUT2D eigenvalue weighted by Crippen LogP contribution is 2.19. The molecule has 0 amide bonds. The van der Waals surface area contributed by atoms with Crippen LogP contribution < -0.4 is 0 Å². The molecule has 1 N–H and O–H groups in total. The van der Waals surface area contributed by atoms with Gasteiger partial charge in [0.25, 0.3) is 1.43 Å². The number of hydrogen-bond acceptors (Lipinski definition) is 2. The van der Waals surface area contributed by atoms with E-state index in [-0.39, 0.29) is 0 Å². The Morgan fingerprint density at radius 1 is 1.53 bits per heavy atom. The number of aromatic hydroxyl groups is 1. The molecule has 5 heteroatoms. The molecule has 2 nitrogen and oxygen atoms in total. The van der Waals surface area contributed by atoms with E-state index in [9.17, 15) is 0 Å². The van der Waals surface area contributed by atoms with Crippen LogP contribution in [0.3, 0.4) is 0 Å². The number of halogens is 2. The van der Waals surface area contributed by atoms with Crippen molar-refractivity contribution < 1.29 is 5.11 Å². The molecule has 1 rings (SSSR count). The minimum atomic E-state index is 0.629. The molecule has 0 spiro atoms. The summed E-state index contributed by atoms with van der Waals surface area (Å²) >= 11 is 4.24.